The van der Waals surface area contributed by atoms with Crippen molar-refractivity contribution in [3.8, 4) is 0 Å². The number of aryl methyl sites for hydroxylation is 1. The van der Waals surface area contributed by atoms with Crippen LogP contribution in [0, 0.1) is 6.92 Å². The van der Waals surface area contributed by atoms with E-state index < -0.39 is 9.84 Å². The molecule has 0 saturated heterocycles. The van der Waals surface area contributed by atoms with E-state index in [0.29, 0.717) is 13.0 Å². The lowest BCUT2D eigenvalue weighted by molar-refractivity contribution is 0.600. The number of pyridine rings is 1. The molecule has 0 aromatic carbocycles. The van der Waals surface area contributed by atoms with Gasteiger partial charge in [-0.2, -0.15) is 0 Å². The van der Waals surface area contributed by atoms with Crippen molar-refractivity contribution in [3.63, 3.8) is 0 Å². The normalized spacial score (nSPS) is 11.4. The largest absolute Gasteiger partial charge is 0.369 e. The summed E-state index contributed by atoms with van der Waals surface area (Å²) in [5.41, 5.74) is 1.10. The fourth-order valence-electron chi connectivity index (χ4n) is 1.20. The van der Waals surface area contributed by atoms with Gasteiger partial charge in [0, 0.05) is 19.0 Å². The Balaban J connectivity index is 2.47. The number of hydrogen-bond donors (Lipinski definition) is 1. The van der Waals surface area contributed by atoms with Crippen LogP contribution in [0.3, 0.4) is 0 Å². The number of rotatable bonds is 5. The topological polar surface area (TPSA) is 59.1 Å². The fraction of sp³-hybridized carbons (Fsp3) is 0.500. The highest BCUT2D eigenvalue weighted by atomic mass is 79.9. The highest BCUT2D eigenvalue weighted by molar-refractivity contribution is 9.10. The molecule has 16 heavy (non-hydrogen) atoms. The monoisotopic (exact) mass is 306 g/mol. The van der Waals surface area contributed by atoms with Crippen molar-refractivity contribution >= 4 is 31.6 Å². The van der Waals surface area contributed by atoms with Crippen molar-refractivity contribution in [1.82, 2.24) is 4.98 Å². The van der Waals surface area contributed by atoms with Crippen LogP contribution in [-0.4, -0.2) is 32.0 Å². The smallest absolute Gasteiger partial charge is 0.147 e. The third-order valence-corrected chi connectivity index (χ3v) is 4.10. The van der Waals surface area contributed by atoms with Crippen LogP contribution in [0.25, 0.3) is 0 Å². The van der Waals surface area contributed by atoms with Crippen LogP contribution in [0.2, 0.25) is 0 Å². The summed E-state index contributed by atoms with van der Waals surface area (Å²) in [5, 5.41) is 3.10. The molecule has 0 fully saturated rings. The maximum absolute atomic E-state index is 10.9. The lowest BCUT2D eigenvalue weighted by atomic mass is 10.3. The molecule has 0 saturated carbocycles. The molecule has 0 radical (unpaired) electrons. The standard InChI is InChI=1S/C10H15BrN2O2S/c1-8-4-6-13-10(9(8)11)12-5-3-7-16(2,14)15/h4,6H,3,5,7H2,1-2H3,(H,12,13). The average molecular weight is 307 g/mol. The van der Waals surface area contributed by atoms with E-state index in [1.807, 2.05) is 13.0 Å². The first-order valence-corrected chi connectivity index (χ1v) is 7.78. The number of aromatic nitrogens is 1. The van der Waals surface area contributed by atoms with Gasteiger partial charge in [0.1, 0.15) is 15.7 Å². The maximum Gasteiger partial charge on any atom is 0.147 e. The summed E-state index contributed by atoms with van der Waals surface area (Å²) in [6.45, 7) is 2.58. The molecule has 1 aromatic heterocycles. The number of sulfone groups is 1. The van der Waals surface area contributed by atoms with Crippen molar-refractivity contribution in [1.29, 1.82) is 0 Å². The van der Waals surface area contributed by atoms with E-state index >= 15 is 0 Å². The van der Waals surface area contributed by atoms with Gasteiger partial charge in [0.2, 0.25) is 0 Å². The average Bonchev–Trinajstić information content (AvgIpc) is 2.17. The van der Waals surface area contributed by atoms with Gasteiger partial charge in [-0.05, 0) is 40.9 Å². The summed E-state index contributed by atoms with van der Waals surface area (Å²) in [6, 6.07) is 1.91. The molecule has 1 heterocycles. The molecule has 0 aliphatic rings. The summed E-state index contributed by atoms with van der Waals surface area (Å²) >= 11 is 3.43. The van der Waals surface area contributed by atoms with Gasteiger partial charge in [-0.15, -0.1) is 0 Å². The summed E-state index contributed by atoms with van der Waals surface area (Å²) in [5.74, 6) is 0.956. The Hall–Kier alpha value is -0.620. The number of nitrogens with zero attached hydrogens (tertiary/aromatic N) is 1. The second-order valence-corrected chi connectivity index (χ2v) is 6.75. The highest BCUT2D eigenvalue weighted by Crippen LogP contribution is 2.22. The van der Waals surface area contributed by atoms with Gasteiger partial charge in [0.05, 0.1) is 10.2 Å². The zero-order valence-corrected chi connectivity index (χ0v) is 11.7. The first kappa shape index (κ1) is 13.4. The van der Waals surface area contributed by atoms with Crippen molar-refractivity contribution in [2.45, 2.75) is 13.3 Å². The molecule has 1 rings (SSSR count). The van der Waals surface area contributed by atoms with Crippen molar-refractivity contribution in [3.05, 3.63) is 22.3 Å². The van der Waals surface area contributed by atoms with Crippen LogP contribution in [0.4, 0.5) is 5.82 Å². The second kappa shape index (κ2) is 5.63. The second-order valence-electron chi connectivity index (χ2n) is 3.70. The first-order chi connectivity index (χ1) is 7.40. The molecule has 0 bridgehead atoms. The number of hydrogen-bond acceptors (Lipinski definition) is 4. The van der Waals surface area contributed by atoms with Gasteiger partial charge in [-0.3, -0.25) is 0 Å². The molecule has 1 aromatic rings. The summed E-state index contributed by atoms with van der Waals surface area (Å²) in [6.07, 6.45) is 3.55. The molecule has 0 atom stereocenters. The van der Waals surface area contributed by atoms with E-state index in [2.05, 4.69) is 26.2 Å². The molecule has 0 aliphatic heterocycles. The molecular weight excluding hydrogens is 292 g/mol. The molecule has 4 nitrogen and oxygen atoms in total. The third kappa shape index (κ3) is 4.49. The van der Waals surface area contributed by atoms with E-state index in [-0.39, 0.29) is 5.75 Å². The van der Waals surface area contributed by atoms with Gasteiger partial charge < -0.3 is 5.32 Å². The van der Waals surface area contributed by atoms with Crippen LogP contribution >= 0.6 is 15.9 Å². The van der Waals surface area contributed by atoms with Gasteiger partial charge in [-0.25, -0.2) is 13.4 Å². The molecule has 0 aliphatic carbocycles. The Morgan fingerprint density at radius 1 is 1.50 bits per heavy atom. The Morgan fingerprint density at radius 3 is 2.81 bits per heavy atom. The summed E-state index contributed by atoms with van der Waals surface area (Å²) < 4.78 is 22.7. The van der Waals surface area contributed by atoms with E-state index in [0.717, 1.165) is 15.9 Å². The van der Waals surface area contributed by atoms with Gasteiger partial charge in [0.25, 0.3) is 0 Å². The minimum atomic E-state index is -2.87. The molecule has 0 spiro atoms. The summed E-state index contributed by atoms with van der Waals surface area (Å²) in [7, 11) is -2.87. The van der Waals surface area contributed by atoms with E-state index in [4.69, 9.17) is 0 Å². The predicted octanol–water partition coefficient (Wildman–Crippen LogP) is 2.00. The number of anilines is 1. The molecule has 0 amide bonds. The van der Waals surface area contributed by atoms with Crippen LogP contribution in [0.5, 0.6) is 0 Å². The van der Waals surface area contributed by atoms with Crippen LogP contribution in [0.15, 0.2) is 16.7 Å². The van der Waals surface area contributed by atoms with Crippen LogP contribution in [0.1, 0.15) is 12.0 Å². The zero-order chi connectivity index (χ0) is 12.2. The Bertz CT molecular complexity index is 460. The lowest BCUT2D eigenvalue weighted by Gasteiger charge is -2.08. The Morgan fingerprint density at radius 2 is 2.19 bits per heavy atom. The van der Waals surface area contributed by atoms with Gasteiger partial charge >= 0.3 is 0 Å². The number of halogens is 1. The predicted molar refractivity (Wildman–Crippen MR) is 69.5 cm³/mol. The van der Waals surface area contributed by atoms with Crippen LogP contribution < -0.4 is 5.32 Å². The number of nitrogens with one attached hydrogen (secondary N) is 1. The molecule has 90 valence electrons. The highest BCUT2D eigenvalue weighted by Gasteiger charge is 2.04. The molecule has 0 unspecified atom stereocenters. The molecular formula is C10H15BrN2O2S. The Labute approximate surface area is 105 Å². The van der Waals surface area contributed by atoms with Gasteiger partial charge in [-0.1, -0.05) is 0 Å². The minimum absolute atomic E-state index is 0.198. The summed E-state index contributed by atoms with van der Waals surface area (Å²) in [4.78, 5) is 4.17. The minimum Gasteiger partial charge on any atom is -0.369 e. The van der Waals surface area contributed by atoms with E-state index in [1.165, 1.54) is 6.26 Å². The first-order valence-electron chi connectivity index (χ1n) is 4.93. The third-order valence-electron chi connectivity index (χ3n) is 2.07. The fourth-order valence-corrected chi connectivity index (χ4v) is 2.25. The van der Waals surface area contributed by atoms with Crippen LogP contribution in [-0.2, 0) is 9.84 Å². The van der Waals surface area contributed by atoms with E-state index in [9.17, 15) is 8.42 Å². The molecule has 1 N–H and O–H groups in total. The van der Waals surface area contributed by atoms with Crippen molar-refractivity contribution in [2.24, 2.45) is 0 Å². The quantitative estimate of drug-likeness (QED) is 0.845. The zero-order valence-electron chi connectivity index (χ0n) is 9.33. The maximum atomic E-state index is 10.9. The Kier molecular flexibility index (Phi) is 4.73. The van der Waals surface area contributed by atoms with Crippen molar-refractivity contribution in [2.75, 3.05) is 23.9 Å². The molecule has 6 heteroatoms. The van der Waals surface area contributed by atoms with Crippen molar-refractivity contribution < 1.29 is 8.42 Å². The van der Waals surface area contributed by atoms with E-state index in [1.54, 1.807) is 6.20 Å². The lowest BCUT2D eigenvalue weighted by Crippen LogP contribution is -2.10. The SMILES string of the molecule is Cc1ccnc(NCCCS(C)(=O)=O)c1Br. The van der Waals surface area contributed by atoms with Gasteiger partial charge in [0.15, 0.2) is 0 Å².